The molecule has 5 atom stereocenters. The van der Waals surface area contributed by atoms with Gasteiger partial charge >= 0.3 is 134 Å². The van der Waals surface area contributed by atoms with E-state index in [1.807, 2.05) is 0 Å². The van der Waals surface area contributed by atoms with Gasteiger partial charge in [0.1, 0.15) is 0 Å². The quantitative estimate of drug-likeness (QED) is 0.432. The minimum absolute atomic E-state index is 0.326. The number of nitrogens with one attached hydrogen (secondary N) is 1. The number of hydrogen-bond donors (Lipinski definition) is 1. The van der Waals surface area contributed by atoms with Gasteiger partial charge in [0.05, 0.1) is 0 Å². The Morgan fingerprint density at radius 3 is 2.00 bits per heavy atom. The Balaban J connectivity index is 0.000000415. The molecule has 4 rings (SSSR count). The Labute approximate surface area is 159 Å². The maximum absolute atomic E-state index is 4.24. The van der Waals surface area contributed by atoms with Gasteiger partial charge in [0.2, 0.25) is 0 Å². The molecule has 138 valence electrons. The Bertz CT molecular complexity index is 543. The van der Waals surface area contributed by atoms with E-state index < -0.39 is 16.8 Å². The molecule has 1 nitrogen and oxygen atoms in total. The van der Waals surface area contributed by atoms with Crippen LogP contribution in [0, 0.1) is 23.7 Å². The van der Waals surface area contributed by atoms with Crippen molar-refractivity contribution in [2.24, 2.45) is 23.7 Å². The van der Waals surface area contributed by atoms with E-state index in [-0.39, 0.29) is 0 Å². The first-order valence-electron chi connectivity index (χ1n) is 10.3. The molecule has 5 unspecified atom stereocenters. The fourth-order valence-corrected chi connectivity index (χ4v) is 15.8. The fraction of sp³-hybridized carbons (Fsp3) is 0.652. The zero-order chi connectivity index (χ0) is 18.1. The Morgan fingerprint density at radius 2 is 1.48 bits per heavy atom. The Hall–Kier alpha value is -0.366. The molecule has 2 heteroatoms. The monoisotopic (exact) mass is 375 g/mol. The maximum atomic E-state index is 4.24. The molecule has 0 spiro atoms. The number of rotatable bonds is 3. The molecule has 0 aromatic carbocycles. The van der Waals surface area contributed by atoms with Crippen LogP contribution in [0.1, 0.15) is 46.5 Å². The van der Waals surface area contributed by atoms with Crippen LogP contribution in [0.2, 0.25) is 13.7 Å². The Morgan fingerprint density at radius 1 is 0.920 bits per heavy atom. The van der Waals surface area contributed by atoms with Crippen molar-refractivity contribution in [1.82, 2.24) is 3.80 Å². The summed E-state index contributed by atoms with van der Waals surface area (Å²) in [5.74, 6) is 3.84. The van der Waals surface area contributed by atoms with Gasteiger partial charge in [0.15, 0.2) is 0 Å². The standard InChI is InChI=1S/C13H17.C4H10N.C4H6.C2H4.Ti/c1-3-7-12-10(5-1)9-11-6-2-4-8-13(11)12;1-4(2,3)5;1-3-4-2;1-2;/h1,3,5,7,9-13H,2,4,6,8H2;5H,1-3H3;3-4H,1-2H2;1-2H2;/q;-1;;;+1. The molecule has 1 N–H and O–H groups in total. The van der Waals surface area contributed by atoms with Gasteiger partial charge in [0.25, 0.3) is 0 Å². The van der Waals surface area contributed by atoms with Crippen molar-refractivity contribution < 1.29 is 16.8 Å². The topological polar surface area (TPSA) is 12.0 Å². The summed E-state index contributed by atoms with van der Waals surface area (Å²) in [7, 11) is 0. The summed E-state index contributed by atoms with van der Waals surface area (Å²) in [6.07, 6.45) is 19.2. The van der Waals surface area contributed by atoms with Crippen LogP contribution >= 0.6 is 0 Å². The van der Waals surface area contributed by atoms with E-state index >= 15 is 0 Å². The molecule has 25 heavy (non-hydrogen) atoms. The van der Waals surface area contributed by atoms with Crippen molar-refractivity contribution in [2.45, 2.75) is 65.7 Å². The summed E-state index contributed by atoms with van der Waals surface area (Å²) in [6.45, 7) is 13.9. The summed E-state index contributed by atoms with van der Waals surface area (Å²) in [5.41, 5.74) is 0.326. The summed E-state index contributed by atoms with van der Waals surface area (Å²) >= 11 is -1.79. The molecule has 4 aliphatic rings. The van der Waals surface area contributed by atoms with Gasteiger partial charge in [-0.25, -0.2) is 0 Å². The zero-order valence-corrected chi connectivity index (χ0v) is 18.1. The predicted molar refractivity (Wildman–Crippen MR) is 107 cm³/mol. The van der Waals surface area contributed by atoms with Crippen molar-refractivity contribution in [3.05, 3.63) is 49.6 Å². The number of hydrogen-bond acceptors (Lipinski definition) is 1. The van der Waals surface area contributed by atoms with Gasteiger partial charge in [-0.3, -0.25) is 0 Å². The van der Waals surface area contributed by atoms with Crippen LogP contribution in [0.4, 0.5) is 0 Å². The third-order valence-electron chi connectivity index (χ3n) is 6.68. The van der Waals surface area contributed by atoms with E-state index in [1.54, 1.807) is 21.6 Å². The first-order chi connectivity index (χ1) is 11.9. The van der Waals surface area contributed by atoms with Gasteiger partial charge in [-0.2, -0.15) is 0 Å². The molecule has 0 aromatic heterocycles. The van der Waals surface area contributed by atoms with Gasteiger partial charge in [-0.05, 0) is 0 Å². The normalized spacial score (nSPS) is 37.3. The molecule has 1 aliphatic heterocycles. The predicted octanol–water partition coefficient (Wildman–Crippen LogP) is 6.62. The third kappa shape index (κ3) is 4.15. The molecule has 1 heterocycles. The van der Waals surface area contributed by atoms with Crippen molar-refractivity contribution in [3.63, 3.8) is 0 Å². The van der Waals surface area contributed by atoms with Gasteiger partial charge in [-0.15, -0.1) is 0 Å². The summed E-state index contributed by atoms with van der Waals surface area (Å²) < 4.78 is 8.49. The van der Waals surface area contributed by atoms with Crippen LogP contribution in [-0.2, 0) is 16.8 Å². The second-order valence-electron chi connectivity index (χ2n) is 9.56. The van der Waals surface area contributed by atoms with Gasteiger partial charge in [-0.1, -0.05) is 25.3 Å². The van der Waals surface area contributed by atoms with E-state index in [0.29, 0.717) is 5.54 Å². The molecule has 3 fully saturated rings. The van der Waals surface area contributed by atoms with Crippen LogP contribution in [0.5, 0.6) is 0 Å². The van der Waals surface area contributed by atoms with Crippen LogP contribution in [0.3, 0.4) is 0 Å². The molecule has 0 radical (unpaired) electrons. The van der Waals surface area contributed by atoms with Crippen LogP contribution in [-0.4, -0.2) is 5.54 Å². The average Bonchev–Trinajstić information content (AvgIpc) is 3.25. The van der Waals surface area contributed by atoms with E-state index in [0.717, 1.165) is 27.9 Å². The van der Waals surface area contributed by atoms with Gasteiger partial charge < -0.3 is 0 Å². The molecular formula is C23H37NTi. The van der Waals surface area contributed by atoms with E-state index in [4.69, 9.17) is 0 Å². The SMILES string of the molecule is C=CC=C.CC(C)(C)[NH][Ti]1([CH]2C3C=CC=CC3C3CCCCC32)[CH2][CH2]1. The third-order valence-corrected chi connectivity index (χ3v) is 14.4. The van der Waals surface area contributed by atoms with Crippen LogP contribution < -0.4 is 3.80 Å². The molecule has 1 saturated heterocycles. The molecule has 0 amide bonds. The first-order valence-corrected chi connectivity index (χ1v) is 14.2. The summed E-state index contributed by atoms with van der Waals surface area (Å²) in [6, 6.07) is 0. The Kier molecular flexibility index (Phi) is 5.98. The van der Waals surface area contributed by atoms with Crippen LogP contribution in [0.25, 0.3) is 0 Å². The van der Waals surface area contributed by atoms with E-state index in [2.05, 4.69) is 62.0 Å². The van der Waals surface area contributed by atoms with Crippen molar-refractivity contribution in [1.29, 1.82) is 0 Å². The molecule has 0 aromatic rings. The number of fused-ring (bicyclic) bond motifs is 3. The van der Waals surface area contributed by atoms with Crippen molar-refractivity contribution in [3.8, 4) is 0 Å². The second-order valence-corrected chi connectivity index (χ2v) is 16.2. The first kappa shape index (κ1) is 19.4. The second kappa shape index (κ2) is 7.71. The van der Waals surface area contributed by atoms with Crippen molar-refractivity contribution in [2.75, 3.05) is 0 Å². The fourth-order valence-electron chi connectivity index (χ4n) is 6.03. The summed E-state index contributed by atoms with van der Waals surface area (Å²) in [5, 5.41) is 0. The number of allylic oxidation sites excluding steroid dienone is 6. The van der Waals surface area contributed by atoms with Crippen LogP contribution in [0.15, 0.2) is 49.6 Å². The average molecular weight is 375 g/mol. The van der Waals surface area contributed by atoms with E-state index in [1.165, 1.54) is 25.7 Å². The molecular weight excluding hydrogens is 338 g/mol. The summed E-state index contributed by atoms with van der Waals surface area (Å²) in [4.78, 5) is 0. The molecule has 0 bridgehead atoms. The van der Waals surface area contributed by atoms with Gasteiger partial charge in [0, 0.05) is 0 Å². The van der Waals surface area contributed by atoms with E-state index in [9.17, 15) is 0 Å². The molecule has 2 saturated carbocycles. The molecule has 3 aliphatic carbocycles. The van der Waals surface area contributed by atoms with Crippen molar-refractivity contribution >= 4 is 0 Å². The zero-order valence-electron chi connectivity index (χ0n) is 16.5. The minimum atomic E-state index is -1.79.